The molecule has 0 aliphatic rings. The first kappa shape index (κ1) is 11.3. The van der Waals surface area contributed by atoms with Crippen molar-refractivity contribution in [3.63, 3.8) is 0 Å². The number of halogens is 1. The van der Waals surface area contributed by atoms with Gasteiger partial charge in [-0.3, -0.25) is 0 Å². The molecular formula is C10H13ClN4O. The summed E-state index contributed by atoms with van der Waals surface area (Å²) in [6.45, 7) is 3.97. The first-order chi connectivity index (χ1) is 7.60. The van der Waals surface area contributed by atoms with Gasteiger partial charge in [0.15, 0.2) is 11.5 Å². The van der Waals surface area contributed by atoms with Gasteiger partial charge in [-0.2, -0.15) is 9.61 Å². The smallest absolute Gasteiger partial charge is 0.186 e. The molecule has 0 aliphatic carbocycles. The highest BCUT2D eigenvalue weighted by Gasteiger charge is 2.30. The van der Waals surface area contributed by atoms with Crippen molar-refractivity contribution < 1.29 is 4.74 Å². The van der Waals surface area contributed by atoms with Crippen LogP contribution in [-0.4, -0.2) is 26.9 Å². The molecule has 6 heteroatoms. The fraction of sp³-hybridized carbons (Fsp3) is 0.500. The highest BCUT2D eigenvalue weighted by Crippen LogP contribution is 2.26. The van der Waals surface area contributed by atoms with E-state index in [1.807, 2.05) is 13.8 Å². The molecule has 0 spiro atoms. The van der Waals surface area contributed by atoms with Gasteiger partial charge in [0.05, 0.1) is 0 Å². The number of hydrogen-bond donors (Lipinski definition) is 0. The molecular weight excluding hydrogens is 228 g/mol. The molecule has 0 bridgehead atoms. The van der Waals surface area contributed by atoms with Crippen molar-refractivity contribution in [1.29, 1.82) is 0 Å². The first-order valence-corrected chi connectivity index (χ1v) is 5.42. The van der Waals surface area contributed by atoms with Crippen LogP contribution in [0.2, 0.25) is 5.15 Å². The Morgan fingerprint density at radius 2 is 2.19 bits per heavy atom. The SMILES string of the molecule is CCC(C)(OC)c1nnc2ccc(Cl)nn12. The van der Waals surface area contributed by atoms with E-state index < -0.39 is 5.60 Å². The van der Waals surface area contributed by atoms with Gasteiger partial charge in [-0.05, 0) is 25.5 Å². The summed E-state index contributed by atoms with van der Waals surface area (Å²) in [6.07, 6.45) is 0.776. The van der Waals surface area contributed by atoms with Crippen molar-refractivity contribution in [2.24, 2.45) is 0 Å². The zero-order chi connectivity index (χ0) is 11.8. The van der Waals surface area contributed by atoms with Gasteiger partial charge in [0.25, 0.3) is 0 Å². The van der Waals surface area contributed by atoms with Crippen molar-refractivity contribution in [2.75, 3.05) is 7.11 Å². The molecule has 1 atom stereocenters. The molecule has 0 saturated carbocycles. The van der Waals surface area contributed by atoms with E-state index in [1.165, 1.54) is 0 Å². The summed E-state index contributed by atoms with van der Waals surface area (Å²) in [5, 5.41) is 12.7. The number of rotatable bonds is 3. The van der Waals surface area contributed by atoms with Crippen LogP contribution < -0.4 is 0 Å². The summed E-state index contributed by atoms with van der Waals surface area (Å²) in [5.41, 5.74) is 0.160. The van der Waals surface area contributed by atoms with Gasteiger partial charge in [-0.15, -0.1) is 10.2 Å². The van der Waals surface area contributed by atoms with Crippen LogP contribution in [0.3, 0.4) is 0 Å². The number of nitrogens with zero attached hydrogens (tertiary/aromatic N) is 4. The molecule has 86 valence electrons. The molecule has 1 unspecified atom stereocenters. The second-order valence-corrected chi connectivity index (χ2v) is 4.13. The highest BCUT2D eigenvalue weighted by atomic mass is 35.5. The van der Waals surface area contributed by atoms with E-state index in [0.29, 0.717) is 16.6 Å². The summed E-state index contributed by atoms with van der Waals surface area (Å²) < 4.78 is 7.09. The van der Waals surface area contributed by atoms with E-state index in [-0.39, 0.29) is 0 Å². The molecule has 2 aromatic heterocycles. The van der Waals surface area contributed by atoms with Crippen molar-refractivity contribution in [1.82, 2.24) is 19.8 Å². The van der Waals surface area contributed by atoms with E-state index in [2.05, 4.69) is 15.3 Å². The standard InChI is InChI=1S/C10H13ClN4O/c1-4-10(2,16-3)9-13-12-8-6-5-7(11)14-15(8)9/h5-6H,4H2,1-3H3. The molecule has 0 aromatic carbocycles. The summed E-state index contributed by atoms with van der Waals surface area (Å²) in [4.78, 5) is 0. The maximum absolute atomic E-state index is 5.86. The molecule has 2 aromatic rings. The third-order valence-electron chi connectivity index (χ3n) is 2.83. The van der Waals surface area contributed by atoms with Crippen molar-refractivity contribution in [2.45, 2.75) is 25.9 Å². The third kappa shape index (κ3) is 1.66. The average Bonchev–Trinajstić information content (AvgIpc) is 2.71. The van der Waals surface area contributed by atoms with Crippen LogP contribution in [0.25, 0.3) is 5.65 Å². The number of hydrogen-bond acceptors (Lipinski definition) is 4. The minimum absolute atomic E-state index is 0.406. The zero-order valence-electron chi connectivity index (χ0n) is 9.44. The Balaban J connectivity index is 2.64. The normalized spacial score (nSPS) is 15.2. The predicted molar refractivity (Wildman–Crippen MR) is 60.4 cm³/mol. The van der Waals surface area contributed by atoms with Crippen LogP contribution in [-0.2, 0) is 10.3 Å². The zero-order valence-corrected chi connectivity index (χ0v) is 10.2. The van der Waals surface area contributed by atoms with E-state index in [1.54, 1.807) is 23.8 Å². The van der Waals surface area contributed by atoms with Gasteiger partial charge in [-0.25, -0.2) is 0 Å². The van der Waals surface area contributed by atoms with E-state index in [0.717, 1.165) is 6.42 Å². The maximum atomic E-state index is 5.86. The minimum Gasteiger partial charge on any atom is -0.370 e. The summed E-state index contributed by atoms with van der Waals surface area (Å²) in [6, 6.07) is 3.46. The predicted octanol–water partition coefficient (Wildman–Crippen LogP) is 2.05. The first-order valence-electron chi connectivity index (χ1n) is 5.04. The van der Waals surface area contributed by atoms with E-state index >= 15 is 0 Å². The van der Waals surface area contributed by atoms with Gasteiger partial charge < -0.3 is 4.74 Å². The topological polar surface area (TPSA) is 52.3 Å². The van der Waals surface area contributed by atoms with Crippen LogP contribution in [0.5, 0.6) is 0 Å². The van der Waals surface area contributed by atoms with Gasteiger partial charge in [-0.1, -0.05) is 18.5 Å². The van der Waals surface area contributed by atoms with Crippen molar-refractivity contribution in [3.8, 4) is 0 Å². The summed E-state index contributed by atoms with van der Waals surface area (Å²) in [5.74, 6) is 0.662. The Labute approximate surface area is 98.4 Å². The molecule has 5 nitrogen and oxygen atoms in total. The largest absolute Gasteiger partial charge is 0.370 e. The Bertz CT molecular complexity index is 506. The van der Waals surface area contributed by atoms with Crippen LogP contribution in [0.4, 0.5) is 0 Å². The van der Waals surface area contributed by atoms with E-state index in [4.69, 9.17) is 16.3 Å². The Kier molecular flexibility index (Phi) is 2.82. The number of aromatic nitrogens is 4. The molecule has 2 heterocycles. The second-order valence-electron chi connectivity index (χ2n) is 3.74. The monoisotopic (exact) mass is 240 g/mol. The molecule has 0 aliphatic heterocycles. The highest BCUT2D eigenvalue weighted by molar-refractivity contribution is 6.29. The van der Waals surface area contributed by atoms with Crippen LogP contribution in [0, 0.1) is 0 Å². The van der Waals surface area contributed by atoms with Crippen molar-refractivity contribution >= 4 is 17.2 Å². The van der Waals surface area contributed by atoms with E-state index in [9.17, 15) is 0 Å². The molecule has 0 saturated heterocycles. The number of methoxy groups -OCH3 is 1. The number of ether oxygens (including phenoxy) is 1. The molecule has 0 fully saturated rings. The lowest BCUT2D eigenvalue weighted by Crippen LogP contribution is -2.27. The minimum atomic E-state index is -0.503. The summed E-state index contributed by atoms with van der Waals surface area (Å²) in [7, 11) is 1.65. The van der Waals surface area contributed by atoms with Gasteiger partial charge in [0.2, 0.25) is 0 Å². The molecule has 0 radical (unpaired) electrons. The Morgan fingerprint density at radius 3 is 2.81 bits per heavy atom. The Hall–Kier alpha value is -1.20. The number of fused-ring (bicyclic) bond motifs is 1. The average molecular weight is 241 g/mol. The quantitative estimate of drug-likeness (QED) is 0.824. The molecule has 0 amide bonds. The van der Waals surface area contributed by atoms with Crippen LogP contribution in [0.15, 0.2) is 12.1 Å². The molecule has 2 rings (SSSR count). The van der Waals surface area contributed by atoms with Gasteiger partial charge >= 0.3 is 0 Å². The lowest BCUT2D eigenvalue weighted by Gasteiger charge is -2.23. The van der Waals surface area contributed by atoms with Crippen LogP contribution >= 0.6 is 11.6 Å². The van der Waals surface area contributed by atoms with Gasteiger partial charge in [0.1, 0.15) is 10.8 Å². The molecule has 0 N–H and O–H groups in total. The third-order valence-corrected chi connectivity index (χ3v) is 3.03. The van der Waals surface area contributed by atoms with Crippen LogP contribution in [0.1, 0.15) is 26.1 Å². The van der Waals surface area contributed by atoms with Crippen molar-refractivity contribution in [3.05, 3.63) is 23.1 Å². The lowest BCUT2D eigenvalue weighted by atomic mass is 10.0. The fourth-order valence-electron chi connectivity index (χ4n) is 1.49. The second kappa shape index (κ2) is 3.99. The maximum Gasteiger partial charge on any atom is 0.186 e. The lowest BCUT2D eigenvalue weighted by molar-refractivity contribution is -0.0106. The molecule has 16 heavy (non-hydrogen) atoms. The fourth-order valence-corrected chi connectivity index (χ4v) is 1.63. The van der Waals surface area contributed by atoms with Gasteiger partial charge in [0, 0.05) is 7.11 Å². The Morgan fingerprint density at radius 1 is 1.44 bits per heavy atom. The summed E-state index contributed by atoms with van der Waals surface area (Å²) >= 11 is 5.86.